The largest absolute Gasteiger partial charge is 0.299 e. The van der Waals surface area contributed by atoms with E-state index < -0.39 is 10.2 Å². The summed E-state index contributed by atoms with van der Waals surface area (Å²) in [5.41, 5.74) is 2.59. The van der Waals surface area contributed by atoms with Crippen LogP contribution in [0.5, 0.6) is 0 Å². The molecule has 2 aliphatic rings. The number of hydrogen-bond donors (Lipinski definition) is 2. The SMILES string of the molecule is NS(=O)(=O)Nc1ccc2c(c1)CCC(=O)[C@H]2CC1CC1. The van der Waals surface area contributed by atoms with Crippen LogP contribution in [0.4, 0.5) is 5.69 Å². The Labute approximate surface area is 118 Å². The molecule has 0 aromatic heterocycles. The number of fused-ring (bicyclic) bond motifs is 1. The van der Waals surface area contributed by atoms with E-state index in [4.69, 9.17) is 5.14 Å². The molecule has 5 nitrogen and oxygen atoms in total. The molecule has 20 heavy (non-hydrogen) atoms. The fourth-order valence-corrected chi connectivity index (χ4v) is 3.40. The summed E-state index contributed by atoms with van der Waals surface area (Å²) in [7, 11) is -3.75. The van der Waals surface area contributed by atoms with Crippen molar-refractivity contribution >= 4 is 21.7 Å². The number of carbonyl (C=O) groups excluding carboxylic acids is 1. The molecule has 1 aromatic carbocycles. The van der Waals surface area contributed by atoms with Gasteiger partial charge in [0.05, 0.1) is 5.69 Å². The summed E-state index contributed by atoms with van der Waals surface area (Å²) < 4.78 is 24.4. The van der Waals surface area contributed by atoms with Gasteiger partial charge < -0.3 is 0 Å². The first-order valence-electron chi connectivity index (χ1n) is 6.88. The monoisotopic (exact) mass is 294 g/mol. The van der Waals surface area contributed by atoms with Gasteiger partial charge in [-0.15, -0.1) is 0 Å². The number of ketones is 1. The maximum Gasteiger partial charge on any atom is 0.296 e. The Hall–Kier alpha value is -1.40. The summed E-state index contributed by atoms with van der Waals surface area (Å²) in [5.74, 6) is 1.00. The topological polar surface area (TPSA) is 89.3 Å². The van der Waals surface area contributed by atoms with Gasteiger partial charge in [-0.25, -0.2) is 5.14 Å². The molecule has 0 amide bonds. The summed E-state index contributed by atoms with van der Waals surface area (Å²) >= 11 is 0. The molecule has 0 unspecified atom stereocenters. The van der Waals surface area contributed by atoms with Crippen LogP contribution < -0.4 is 9.86 Å². The average Bonchev–Trinajstić information content (AvgIpc) is 3.15. The van der Waals surface area contributed by atoms with E-state index in [1.807, 2.05) is 6.07 Å². The van der Waals surface area contributed by atoms with E-state index in [-0.39, 0.29) is 5.92 Å². The van der Waals surface area contributed by atoms with Crippen molar-refractivity contribution in [3.8, 4) is 0 Å². The van der Waals surface area contributed by atoms with Crippen LogP contribution in [0.2, 0.25) is 0 Å². The molecule has 6 heteroatoms. The molecule has 0 aliphatic heterocycles. The molecular formula is C14H18N2O3S. The van der Waals surface area contributed by atoms with E-state index in [0.29, 0.717) is 30.2 Å². The molecule has 3 N–H and O–H groups in total. The predicted molar refractivity (Wildman–Crippen MR) is 76.6 cm³/mol. The Morgan fingerprint density at radius 2 is 2.00 bits per heavy atom. The number of hydrogen-bond acceptors (Lipinski definition) is 3. The smallest absolute Gasteiger partial charge is 0.296 e. The highest BCUT2D eigenvalue weighted by Gasteiger charge is 2.33. The number of nitrogens with one attached hydrogen (secondary N) is 1. The van der Waals surface area contributed by atoms with Gasteiger partial charge in [-0.05, 0) is 42.0 Å². The molecule has 0 radical (unpaired) electrons. The maximum atomic E-state index is 12.1. The van der Waals surface area contributed by atoms with Crippen LogP contribution in [0, 0.1) is 5.92 Å². The predicted octanol–water partition coefficient (Wildman–Crippen LogP) is 1.70. The van der Waals surface area contributed by atoms with E-state index in [1.54, 1.807) is 12.1 Å². The second-order valence-electron chi connectivity index (χ2n) is 5.76. The van der Waals surface area contributed by atoms with Crippen LogP contribution in [-0.4, -0.2) is 14.2 Å². The van der Waals surface area contributed by atoms with E-state index >= 15 is 0 Å². The fraction of sp³-hybridized carbons (Fsp3) is 0.500. The molecule has 0 bridgehead atoms. The standard InChI is InChI=1S/C14H18N2O3S/c15-20(18,19)16-11-4-5-12-10(8-11)3-6-14(17)13(12)7-9-1-2-9/h4-5,8-9,13,16H,1-3,6-7H2,(H2,15,18,19)/t13-/m0/s1. The molecule has 108 valence electrons. The second kappa shape index (κ2) is 4.86. The molecule has 0 spiro atoms. The zero-order valence-corrected chi connectivity index (χ0v) is 11.9. The number of rotatable bonds is 4. The van der Waals surface area contributed by atoms with Gasteiger partial charge in [-0.3, -0.25) is 9.52 Å². The number of anilines is 1. The van der Waals surface area contributed by atoms with Gasteiger partial charge in [0.25, 0.3) is 10.2 Å². The van der Waals surface area contributed by atoms with Crippen molar-refractivity contribution in [3.05, 3.63) is 29.3 Å². The lowest BCUT2D eigenvalue weighted by Gasteiger charge is -2.25. The Balaban J connectivity index is 1.89. The van der Waals surface area contributed by atoms with Gasteiger partial charge in [-0.1, -0.05) is 18.9 Å². The summed E-state index contributed by atoms with van der Waals surface area (Å²) in [6.07, 6.45) is 4.61. The average molecular weight is 294 g/mol. The molecular weight excluding hydrogens is 276 g/mol. The first-order chi connectivity index (χ1) is 9.42. The van der Waals surface area contributed by atoms with Crippen molar-refractivity contribution in [1.29, 1.82) is 0 Å². The van der Waals surface area contributed by atoms with Crippen LogP contribution in [0.3, 0.4) is 0 Å². The highest BCUT2D eigenvalue weighted by molar-refractivity contribution is 7.90. The van der Waals surface area contributed by atoms with Crippen molar-refractivity contribution in [1.82, 2.24) is 0 Å². The van der Waals surface area contributed by atoms with E-state index in [2.05, 4.69) is 4.72 Å². The van der Waals surface area contributed by atoms with Gasteiger partial charge in [0.2, 0.25) is 0 Å². The molecule has 1 saturated carbocycles. The zero-order valence-electron chi connectivity index (χ0n) is 11.1. The fourth-order valence-electron chi connectivity index (χ4n) is 2.94. The Kier molecular flexibility index (Phi) is 3.30. The van der Waals surface area contributed by atoms with Gasteiger partial charge in [0, 0.05) is 12.3 Å². The van der Waals surface area contributed by atoms with Gasteiger partial charge in [-0.2, -0.15) is 8.42 Å². The van der Waals surface area contributed by atoms with Gasteiger partial charge in [0.1, 0.15) is 5.78 Å². The number of carbonyl (C=O) groups is 1. The molecule has 1 aromatic rings. The summed E-state index contributed by atoms with van der Waals surface area (Å²) in [6.45, 7) is 0. The van der Waals surface area contributed by atoms with E-state index in [1.165, 1.54) is 12.8 Å². The molecule has 0 saturated heterocycles. The first kappa shape index (κ1) is 13.6. The number of benzene rings is 1. The van der Waals surface area contributed by atoms with Crippen molar-refractivity contribution in [2.24, 2.45) is 11.1 Å². The van der Waals surface area contributed by atoms with Crippen molar-refractivity contribution in [2.45, 2.75) is 38.0 Å². The second-order valence-corrected chi connectivity index (χ2v) is 7.05. The summed E-state index contributed by atoms with van der Waals surface area (Å²) in [5, 5.41) is 4.97. The third-order valence-corrected chi connectivity index (χ3v) is 4.59. The Bertz CT molecular complexity index is 650. The Morgan fingerprint density at radius 3 is 2.65 bits per heavy atom. The molecule has 1 fully saturated rings. The minimum absolute atomic E-state index is 0.00483. The minimum atomic E-state index is -3.75. The molecule has 3 rings (SSSR count). The lowest BCUT2D eigenvalue weighted by atomic mass is 9.79. The van der Waals surface area contributed by atoms with Crippen molar-refractivity contribution < 1.29 is 13.2 Å². The number of aryl methyl sites for hydroxylation is 1. The number of Topliss-reactive ketones (excluding diaryl/α,β-unsaturated/α-hetero) is 1. The summed E-state index contributed by atoms with van der Waals surface area (Å²) in [4.78, 5) is 12.1. The molecule has 1 atom stereocenters. The third-order valence-electron chi connectivity index (χ3n) is 4.07. The van der Waals surface area contributed by atoms with Gasteiger partial charge >= 0.3 is 0 Å². The Morgan fingerprint density at radius 1 is 1.25 bits per heavy atom. The van der Waals surface area contributed by atoms with Crippen molar-refractivity contribution in [3.63, 3.8) is 0 Å². The van der Waals surface area contributed by atoms with Crippen LogP contribution in [0.15, 0.2) is 18.2 Å². The third kappa shape index (κ3) is 3.02. The summed E-state index contributed by atoms with van der Waals surface area (Å²) in [6, 6.07) is 5.35. The minimum Gasteiger partial charge on any atom is -0.299 e. The van der Waals surface area contributed by atoms with Gasteiger partial charge in [0.15, 0.2) is 0 Å². The zero-order chi connectivity index (χ0) is 14.3. The number of nitrogens with two attached hydrogens (primary N) is 1. The van der Waals surface area contributed by atoms with Crippen molar-refractivity contribution in [2.75, 3.05) is 4.72 Å². The van der Waals surface area contributed by atoms with E-state index in [9.17, 15) is 13.2 Å². The molecule has 0 heterocycles. The highest BCUT2D eigenvalue weighted by Crippen LogP contribution is 2.42. The lowest BCUT2D eigenvalue weighted by Crippen LogP contribution is -2.23. The normalized spacial score (nSPS) is 22.4. The maximum absolute atomic E-state index is 12.1. The quantitative estimate of drug-likeness (QED) is 0.885. The molecule has 2 aliphatic carbocycles. The first-order valence-corrected chi connectivity index (χ1v) is 8.43. The van der Waals surface area contributed by atoms with Crippen LogP contribution >= 0.6 is 0 Å². The van der Waals surface area contributed by atoms with Crippen LogP contribution in [0.1, 0.15) is 42.7 Å². The van der Waals surface area contributed by atoms with Crippen LogP contribution in [-0.2, 0) is 21.4 Å². The highest BCUT2D eigenvalue weighted by atomic mass is 32.2. The lowest BCUT2D eigenvalue weighted by molar-refractivity contribution is -0.121. The van der Waals surface area contributed by atoms with Crippen LogP contribution in [0.25, 0.3) is 0 Å². The van der Waals surface area contributed by atoms with E-state index in [0.717, 1.165) is 17.5 Å².